The quantitative estimate of drug-likeness (QED) is 0.651. The van der Waals surface area contributed by atoms with Crippen molar-refractivity contribution in [2.75, 3.05) is 19.8 Å². The molecule has 0 radical (unpaired) electrons. The first-order chi connectivity index (χ1) is 6.29. The molecule has 0 aromatic heterocycles. The Kier molecular flexibility index (Phi) is 4.39. The number of hydrogen-bond donors (Lipinski definition) is 0. The van der Waals surface area contributed by atoms with E-state index in [1.165, 1.54) is 0 Å². The van der Waals surface area contributed by atoms with Crippen molar-refractivity contribution < 1.29 is 14.3 Å². The minimum Gasteiger partial charge on any atom is -0.381 e. The highest BCUT2D eigenvalue weighted by Crippen LogP contribution is 2.20. The van der Waals surface area contributed by atoms with Gasteiger partial charge in [0, 0.05) is 25.6 Å². The van der Waals surface area contributed by atoms with Crippen molar-refractivity contribution in [1.29, 1.82) is 0 Å². The number of hydrogen-bond acceptors (Lipinski definition) is 3. The van der Waals surface area contributed by atoms with E-state index in [1.54, 1.807) is 0 Å². The first kappa shape index (κ1) is 10.7. The first-order valence-corrected chi connectivity index (χ1v) is 5.01. The van der Waals surface area contributed by atoms with E-state index in [2.05, 4.69) is 0 Å². The summed E-state index contributed by atoms with van der Waals surface area (Å²) < 4.78 is 10.7. The maximum absolute atomic E-state index is 11.5. The normalized spacial score (nSPS) is 24.6. The summed E-state index contributed by atoms with van der Waals surface area (Å²) in [6, 6.07) is 0. The van der Waals surface area contributed by atoms with Crippen LogP contribution in [0.5, 0.6) is 0 Å². The van der Waals surface area contributed by atoms with E-state index in [0.29, 0.717) is 19.6 Å². The third kappa shape index (κ3) is 2.78. The van der Waals surface area contributed by atoms with Gasteiger partial charge < -0.3 is 9.47 Å². The summed E-state index contributed by atoms with van der Waals surface area (Å²) in [7, 11) is 0. The zero-order valence-corrected chi connectivity index (χ0v) is 8.41. The molecule has 1 heterocycles. The first-order valence-electron chi connectivity index (χ1n) is 5.01. The van der Waals surface area contributed by atoms with Crippen LogP contribution < -0.4 is 0 Å². The van der Waals surface area contributed by atoms with Gasteiger partial charge in [0.15, 0.2) is 5.78 Å². The van der Waals surface area contributed by atoms with Crippen LogP contribution in [0.3, 0.4) is 0 Å². The molecule has 76 valence electrons. The van der Waals surface area contributed by atoms with Crippen LogP contribution in [0, 0.1) is 5.92 Å². The number of carbonyl (C=O) groups is 1. The van der Waals surface area contributed by atoms with Gasteiger partial charge in [-0.3, -0.25) is 4.79 Å². The van der Waals surface area contributed by atoms with Crippen LogP contribution in [0.4, 0.5) is 0 Å². The van der Waals surface area contributed by atoms with Crippen LogP contribution in [-0.4, -0.2) is 31.7 Å². The van der Waals surface area contributed by atoms with Gasteiger partial charge in [-0.2, -0.15) is 0 Å². The highest BCUT2D eigenvalue weighted by molar-refractivity contribution is 5.83. The lowest BCUT2D eigenvalue weighted by Crippen LogP contribution is -2.32. The second-order valence-corrected chi connectivity index (χ2v) is 3.32. The summed E-state index contributed by atoms with van der Waals surface area (Å²) in [6.07, 6.45) is 1.29. The molecule has 0 N–H and O–H groups in total. The highest BCUT2D eigenvalue weighted by atomic mass is 16.5. The molecule has 1 saturated heterocycles. The third-order valence-corrected chi connectivity index (χ3v) is 2.41. The van der Waals surface area contributed by atoms with Gasteiger partial charge in [-0.05, 0) is 13.3 Å². The molecule has 0 bridgehead atoms. The summed E-state index contributed by atoms with van der Waals surface area (Å²) in [5, 5.41) is 0. The van der Waals surface area contributed by atoms with Gasteiger partial charge in [0.1, 0.15) is 6.10 Å². The van der Waals surface area contributed by atoms with Crippen molar-refractivity contribution in [3.05, 3.63) is 0 Å². The zero-order valence-electron chi connectivity index (χ0n) is 8.41. The van der Waals surface area contributed by atoms with E-state index in [-0.39, 0.29) is 17.8 Å². The van der Waals surface area contributed by atoms with E-state index in [0.717, 1.165) is 13.0 Å². The van der Waals surface area contributed by atoms with Crippen molar-refractivity contribution in [3.63, 3.8) is 0 Å². The summed E-state index contributed by atoms with van der Waals surface area (Å²) in [5.74, 6) is 0.491. The molecule has 0 saturated carbocycles. The van der Waals surface area contributed by atoms with E-state index >= 15 is 0 Å². The minimum atomic E-state index is -0.225. The Balaban J connectivity index is 2.49. The molecule has 2 unspecified atom stereocenters. The van der Waals surface area contributed by atoms with Gasteiger partial charge in [0.2, 0.25) is 0 Å². The third-order valence-electron chi connectivity index (χ3n) is 2.41. The van der Waals surface area contributed by atoms with E-state index < -0.39 is 0 Å². The van der Waals surface area contributed by atoms with Crippen LogP contribution in [0.1, 0.15) is 26.7 Å². The lowest BCUT2D eigenvalue weighted by molar-refractivity contribution is -0.133. The molecule has 13 heavy (non-hydrogen) atoms. The Morgan fingerprint density at radius 3 is 2.85 bits per heavy atom. The molecule has 1 rings (SSSR count). The van der Waals surface area contributed by atoms with E-state index in [9.17, 15) is 4.79 Å². The molecule has 3 nitrogen and oxygen atoms in total. The van der Waals surface area contributed by atoms with Crippen LogP contribution in [-0.2, 0) is 14.3 Å². The molecular formula is C10H18O3. The standard InChI is InChI=1S/C10H18O3/c1-3-9(11)10(13-4-2)8-5-6-12-7-8/h8,10H,3-7H2,1-2H3. The van der Waals surface area contributed by atoms with Crippen molar-refractivity contribution in [3.8, 4) is 0 Å². The fourth-order valence-corrected chi connectivity index (χ4v) is 1.66. The van der Waals surface area contributed by atoms with Crippen molar-refractivity contribution in [2.45, 2.75) is 32.8 Å². The number of carbonyl (C=O) groups excluding carboxylic acids is 1. The van der Waals surface area contributed by atoms with Gasteiger partial charge in [-0.25, -0.2) is 0 Å². The minimum absolute atomic E-state index is 0.206. The van der Waals surface area contributed by atoms with Crippen molar-refractivity contribution in [2.24, 2.45) is 5.92 Å². The highest BCUT2D eigenvalue weighted by Gasteiger charge is 2.30. The molecule has 0 spiro atoms. The summed E-state index contributed by atoms with van der Waals surface area (Å²) >= 11 is 0. The monoisotopic (exact) mass is 186 g/mol. The Labute approximate surface area is 79.4 Å². The van der Waals surface area contributed by atoms with Crippen LogP contribution >= 0.6 is 0 Å². The molecule has 0 aromatic carbocycles. The Morgan fingerprint density at radius 1 is 1.62 bits per heavy atom. The van der Waals surface area contributed by atoms with Crippen molar-refractivity contribution in [1.82, 2.24) is 0 Å². The largest absolute Gasteiger partial charge is 0.381 e. The van der Waals surface area contributed by atoms with Crippen LogP contribution in [0.25, 0.3) is 0 Å². The lowest BCUT2D eigenvalue weighted by Gasteiger charge is -2.20. The fraction of sp³-hybridized carbons (Fsp3) is 0.900. The Hall–Kier alpha value is -0.410. The number of Topliss-reactive ketones (excluding diaryl/α,β-unsaturated/α-hetero) is 1. The average Bonchev–Trinajstić information content (AvgIpc) is 2.65. The van der Waals surface area contributed by atoms with Gasteiger partial charge >= 0.3 is 0 Å². The second-order valence-electron chi connectivity index (χ2n) is 3.32. The van der Waals surface area contributed by atoms with E-state index in [1.807, 2.05) is 13.8 Å². The number of ketones is 1. The zero-order chi connectivity index (χ0) is 9.68. The van der Waals surface area contributed by atoms with Gasteiger partial charge in [0.25, 0.3) is 0 Å². The predicted molar refractivity (Wildman–Crippen MR) is 49.6 cm³/mol. The molecule has 0 aromatic rings. The number of rotatable bonds is 5. The topological polar surface area (TPSA) is 35.5 Å². The molecule has 0 amide bonds. The molecule has 1 aliphatic heterocycles. The number of ether oxygens (including phenoxy) is 2. The molecule has 1 aliphatic rings. The van der Waals surface area contributed by atoms with Crippen LogP contribution in [0.15, 0.2) is 0 Å². The maximum atomic E-state index is 11.5. The predicted octanol–water partition coefficient (Wildman–Crippen LogP) is 1.41. The second kappa shape index (κ2) is 5.35. The molecule has 0 aliphatic carbocycles. The molecule has 2 atom stereocenters. The Morgan fingerprint density at radius 2 is 2.38 bits per heavy atom. The summed E-state index contributed by atoms with van der Waals surface area (Å²) in [6.45, 7) is 5.85. The van der Waals surface area contributed by atoms with Crippen molar-refractivity contribution >= 4 is 5.78 Å². The average molecular weight is 186 g/mol. The lowest BCUT2D eigenvalue weighted by atomic mass is 9.97. The SMILES string of the molecule is CCOC(C(=O)CC)C1CCOC1. The summed E-state index contributed by atoms with van der Waals surface area (Å²) in [4.78, 5) is 11.5. The molecule has 1 fully saturated rings. The maximum Gasteiger partial charge on any atom is 0.161 e. The molecular weight excluding hydrogens is 168 g/mol. The fourth-order valence-electron chi connectivity index (χ4n) is 1.66. The molecule has 3 heteroatoms. The summed E-state index contributed by atoms with van der Waals surface area (Å²) in [5.41, 5.74) is 0. The van der Waals surface area contributed by atoms with Gasteiger partial charge in [-0.1, -0.05) is 6.92 Å². The van der Waals surface area contributed by atoms with Gasteiger partial charge in [0.05, 0.1) is 6.61 Å². The smallest absolute Gasteiger partial charge is 0.161 e. The van der Waals surface area contributed by atoms with Crippen LogP contribution in [0.2, 0.25) is 0 Å². The van der Waals surface area contributed by atoms with Gasteiger partial charge in [-0.15, -0.1) is 0 Å². The Bertz CT molecular complexity index is 162. The van der Waals surface area contributed by atoms with E-state index in [4.69, 9.17) is 9.47 Å².